The van der Waals surface area contributed by atoms with Crippen LogP contribution >= 0.6 is 11.3 Å². The maximum atomic E-state index is 11.7. The second kappa shape index (κ2) is 3.86. The number of methoxy groups -OCH3 is 1. The molecule has 0 bridgehead atoms. The summed E-state index contributed by atoms with van der Waals surface area (Å²) in [5.41, 5.74) is 0.0753. The molecule has 1 saturated heterocycles. The normalized spacial score (nSPS) is 32.4. The quantitative estimate of drug-likeness (QED) is 0.599. The van der Waals surface area contributed by atoms with Crippen LogP contribution in [0.2, 0.25) is 0 Å². The van der Waals surface area contributed by atoms with Gasteiger partial charge in [-0.15, -0.1) is 0 Å². The number of epoxide rings is 1. The number of thiophene rings is 1. The van der Waals surface area contributed by atoms with E-state index in [-0.39, 0.29) is 5.97 Å². The van der Waals surface area contributed by atoms with E-state index in [9.17, 15) is 4.79 Å². The highest BCUT2D eigenvalue weighted by Crippen LogP contribution is 2.53. The Balaban J connectivity index is 2.14. The molecule has 1 aliphatic rings. The van der Waals surface area contributed by atoms with Crippen LogP contribution in [-0.2, 0) is 20.7 Å². The van der Waals surface area contributed by atoms with E-state index in [1.165, 1.54) is 12.7 Å². The molecule has 1 fully saturated rings. The molecule has 1 aromatic rings. The van der Waals surface area contributed by atoms with E-state index in [2.05, 4.69) is 11.4 Å². The third-order valence-electron chi connectivity index (χ3n) is 3.35. The van der Waals surface area contributed by atoms with Gasteiger partial charge in [0.2, 0.25) is 0 Å². The molecule has 16 heavy (non-hydrogen) atoms. The number of hydrogen-bond acceptors (Lipinski definition) is 4. The predicted molar refractivity (Wildman–Crippen MR) is 62.6 cm³/mol. The Hall–Kier alpha value is -0.870. The van der Waals surface area contributed by atoms with Gasteiger partial charge in [-0.3, -0.25) is 0 Å². The first kappa shape index (κ1) is 11.6. The Morgan fingerprint density at radius 1 is 1.62 bits per heavy atom. The fourth-order valence-electron chi connectivity index (χ4n) is 2.33. The first-order valence-electron chi connectivity index (χ1n) is 5.37. The molecular weight excluding hydrogens is 224 g/mol. The Morgan fingerprint density at radius 3 is 2.88 bits per heavy atom. The minimum atomic E-state index is -0.732. The topological polar surface area (TPSA) is 38.8 Å². The van der Waals surface area contributed by atoms with Gasteiger partial charge in [0.15, 0.2) is 5.60 Å². The van der Waals surface area contributed by atoms with Crippen molar-refractivity contribution in [3.05, 3.63) is 22.4 Å². The fourth-order valence-corrected chi connectivity index (χ4v) is 3.00. The number of carbonyl (C=O) groups is 1. The number of rotatable bonds is 4. The van der Waals surface area contributed by atoms with Crippen LogP contribution in [0.5, 0.6) is 0 Å². The first-order chi connectivity index (χ1) is 7.58. The molecule has 88 valence electrons. The zero-order valence-corrected chi connectivity index (χ0v) is 10.6. The summed E-state index contributed by atoms with van der Waals surface area (Å²) in [7, 11) is 1.41. The molecule has 0 N–H and O–H groups in total. The standard InChI is InChI=1S/C12H16O3S/c1-4-12(10(13)14-3)11(2,15-12)7-9-5-6-16-8-9/h5-6,8H,4,7H2,1-3H3. The van der Waals surface area contributed by atoms with Crippen molar-refractivity contribution in [1.29, 1.82) is 0 Å². The Labute approximate surface area is 99.4 Å². The van der Waals surface area contributed by atoms with Crippen molar-refractivity contribution in [2.75, 3.05) is 7.11 Å². The van der Waals surface area contributed by atoms with Gasteiger partial charge in [-0.2, -0.15) is 11.3 Å². The van der Waals surface area contributed by atoms with Gasteiger partial charge < -0.3 is 9.47 Å². The Kier molecular flexibility index (Phi) is 2.80. The van der Waals surface area contributed by atoms with Crippen molar-refractivity contribution in [2.24, 2.45) is 0 Å². The van der Waals surface area contributed by atoms with Crippen molar-refractivity contribution in [3.63, 3.8) is 0 Å². The summed E-state index contributed by atoms with van der Waals surface area (Å²) in [6.07, 6.45) is 1.42. The van der Waals surface area contributed by atoms with Crippen LogP contribution < -0.4 is 0 Å². The van der Waals surface area contributed by atoms with Crippen LogP contribution in [0, 0.1) is 0 Å². The predicted octanol–water partition coefficient (Wildman–Crippen LogP) is 2.40. The van der Waals surface area contributed by atoms with E-state index < -0.39 is 11.2 Å². The Bertz CT molecular complexity index is 387. The smallest absolute Gasteiger partial charge is 0.341 e. The van der Waals surface area contributed by atoms with Gasteiger partial charge in [0, 0.05) is 6.42 Å². The summed E-state index contributed by atoms with van der Waals surface area (Å²) in [6.45, 7) is 3.93. The number of carbonyl (C=O) groups excluding carboxylic acids is 1. The van der Waals surface area contributed by atoms with Crippen molar-refractivity contribution in [2.45, 2.75) is 37.9 Å². The van der Waals surface area contributed by atoms with Crippen LogP contribution in [0.3, 0.4) is 0 Å². The molecule has 0 spiro atoms. The molecule has 1 aromatic heterocycles. The number of hydrogen-bond donors (Lipinski definition) is 0. The molecule has 0 aromatic carbocycles. The van der Waals surface area contributed by atoms with Crippen LogP contribution in [0.1, 0.15) is 25.8 Å². The molecule has 0 radical (unpaired) electrons. The SMILES string of the molecule is CCC1(C(=O)OC)OC1(C)Cc1ccsc1. The third kappa shape index (κ3) is 1.57. The summed E-state index contributed by atoms with van der Waals surface area (Å²) in [6, 6.07) is 2.06. The fraction of sp³-hybridized carbons (Fsp3) is 0.583. The van der Waals surface area contributed by atoms with Gasteiger partial charge in [0.05, 0.1) is 7.11 Å². The summed E-state index contributed by atoms with van der Waals surface area (Å²) in [5, 5.41) is 4.12. The lowest BCUT2D eigenvalue weighted by Crippen LogP contribution is -2.34. The minimum Gasteiger partial charge on any atom is -0.467 e. The molecule has 0 amide bonds. The number of esters is 1. The van der Waals surface area contributed by atoms with Crippen molar-refractivity contribution in [3.8, 4) is 0 Å². The molecule has 2 heterocycles. The molecule has 4 heteroatoms. The lowest BCUT2D eigenvalue weighted by Gasteiger charge is -2.12. The summed E-state index contributed by atoms with van der Waals surface area (Å²) in [5.74, 6) is -0.257. The molecule has 3 nitrogen and oxygen atoms in total. The van der Waals surface area contributed by atoms with Gasteiger partial charge in [-0.05, 0) is 35.7 Å². The van der Waals surface area contributed by atoms with Crippen molar-refractivity contribution in [1.82, 2.24) is 0 Å². The molecule has 2 unspecified atom stereocenters. The molecule has 0 saturated carbocycles. The van der Waals surface area contributed by atoms with Crippen LogP contribution in [0.4, 0.5) is 0 Å². The maximum absolute atomic E-state index is 11.7. The minimum absolute atomic E-state index is 0.257. The molecule has 0 aliphatic carbocycles. The lowest BCUT2D eigenvalue weighted by atomic mass is 9.87. The van der Waals surface area contributed by atoms with Crippen LogP contribution in [0.25, 0.3) is 0 Å². The van der Waals surface area contributed by atoms with E-state index in [1.807, 2.05) is 19.2 Å². The highest BCUT2D eigenvalue weighted by molar-refractivity contribution is 7.07. The zero-order chi connectivity index (χ0) is 11.8. The summed E-state index contributed by atoms with van der Waals surface area (Å²) < 4.78 is 10.5. The van der Waals surface area contributed by atoms with Crippen LogP contribution in [-0.4, -0.2) is 24.3 Å². The van der Waals surface area contributed by atoms with E-state index in [0.717, 1.165) is 6.42 Å². The molecule has 2 atom stereocenters. The molecular formula is C12H16O3S. The molecule has 2 rings (SSSR count). The largest absolute Gasteiger partial charge is 0.467 e. The van der Waals surface area contributed by atoms with Gasteiger partial charge >= 0.3 is 5.97 Å². The van der Waals surface area contributed by atoms with Gasteiger partial charge in [0.25, 0.3) is 0 Å². The summed E-state index contributed by atoms with van der Waals surface area (Å²) >= 11 is 1.66. The highest BCUT2D eigenvalue weighted by atomic mass is 32.1. The lowest BCUT2D eigenvalue weighted by molar-refractivity contribution is -0.147. The van der Waals surface area contributed by atoms with Gasteiger partial charge in [-0.25, -0.2) is 4.79 Å². The van der Waals surface area contributed by atoms with Gasteiger partial charge in [-0.1, -0.05) is 6.92 Å². The average molecular weight is 240 g/mol. The van der Waals surface area contributed by atoms with Crippen molar-refractivity contribution >= 4 is 17.3 Å². The van der Waals surface area contributed by atoms with Crippen LogP contribution in [0.15, 0.2) is 16.8 Å². The highest BCUT2D eigenvalue weighted by Gasteiger charge is 2.71. The van der Waals surface area contributed by atoms with E-state index >= 15 is 0 Å². The third-order valence-corrected chi connectivity index (χ3v) is 4.08. The van der Waals surface area contributed by atoms with E-state index in [1.54, 1.807) is 11.3 Å². The van der Waals surface area contributed by atoms with Crippen molar-refractivity contribution < 1.29 is 14.3 Å². The first-order valence-corrected chi connectivity index (χ1v) is 6.32. The zero-order valence-electron chi connectivity index (χ0n) is 9.78. The maximum Gasteiger partial charge on any atom is 0.341 e. The average Bonchev–Trinajstić information content (AvgIpc) is 2.65. The Morgan fingerprint density at radius 2 is 2.38 bits per heavy atom. The van der Waals surface area contributed by atoms with E-state index in [4.69, 9.17) is 9.47 Å². The van der Waals surface area contributed by atoms with Gasteiger partial charge in [0.1, 0.15) is 5.60 Å². The number of ether oxygens (including phenoxy) is 2. The summed E-state index contributed by atoms with van der Waals surface area (Å²) in [4.78, 5) is 11.7. The van der Waals surface area contributed by atoms with E-state index in [0.29, 0.717) is 6.42 Å². The monoisotopic (exact) mass is 240 g/mol. The molecule has 1 aliphatic heterocycles. The second-order valence-corrected chi connectivity index (χ2v) is 5.09. The second-order valence-electron chi connectivity index (χ2n) is 4.31.